The van der Waals surface area contributed by atoms with Crippen LogP contribution in [0.3, 0.4) is 0 Å². The van der Waals surface area contributed by atoms with Crippen LogP contribution < -0.4 is 19.5 Å². The van der Waals surface area contributed by atoms with Gasteiger partial charge in [0.15, 0.2) is 11.5 Å². The van der Waals surface area contributed by atoms with Crippen molar-refractivity contribution in [2.75, 3.05) is 19.0 Å². The van der Waals surface area contributed by atoms with Gasteiger partial charge >= 0.3 is 6.01 Å². The molecule has 0 saturated heterocycles. The van der Waals surface area contributed by atoms with E-state index in [1.165, 1.54) is 0 Å². The van der Waals surface area contributed by atoms with Crippen molar-refractivity contribution in [2.45, 2.75) is 33.6 Å². The average Bonchev–Trinajstić information content (AvgIpc) is 2.74. The highest BCUT2D eigenvalue weighted by molar-refractivity contribution is 5.90. The summed E-state index contributed by atoms with van der Waals surface area (Å²) < 4.78 is 16.6. The van der Waals surface area contributed by atoms with E-state index < -0.39 is 0 Å². The number of aryl methyl sites for hydroxylation is 3. The first-order chi connectivity index (χ1) is 15.0. The van der Waals surface area contributed by atoms with Crippen molar-refractivity contribution in [1.82, 2.24) is 9.97 Å². The zero-order valence-corrected chi connectivity index (χ0v) is 18.3. The van der Waals surface area contributed by atoms with Crippen LogP contribution in [0.5, 0.6) is 23.3 Å². The fourth-order valence-electron chi connectivity index (χ4n) is 3.07. The van der Waals surface area contributed by atoms with Crippen LogP contribution in [0, 0.1) is 13.8 Å². The maximum atomic E-state index is 12.3. The summed E-state index contributed by atoms with van der Waals surface area (Å²) in [5, 5.41) is 2.90. The largest absolute Gasteiger partial charge is 0.493 e. The van der Waals surface area contributed by atoms with Gasteiger partial charge in [0, 0.05) is 23.5 Å². The monoisotopic (exact) mass is 421 g/mol. The third-order valence-corrected chi connectivity index (χ3v) is 4.48. The molecular formula is C24H27N3O4. The molecule has 1 N–H and O–H groups in total. The Morgan fingerprint density at radius 2 is 1.68 bits per heavy atom. The number of methoxy groups -OCH3 is 1. The van der Waals surface area contributed by atoms with Crippen LogP contribution >= 0.6 is 0 Å². The molecule has 1 heterocycles. The van der Waals surface area contributed by atoms with E-state index in [0.717, 1.165) is 17.0 Å². The van der Waals surface area contributed by atoms with Crippen molar-refractivity contribution in [3.8, 4) is 23.3 Å². The first-order valence-electron chi connectivity index (χ1n) is 10.2. The summed E-state index contributed by atoms with van der Waals surface area (Å²) in [7, 11) is 1.61. The molecule has 3 aromatic rings. The topological polar surface area (TPSA) is 82.6 Å². The summed E-state index contributed by atoms with van der Waals surface area (Å²) in [6.45, 7) is 6.28. The van der Waals surface area contributed by atoms with Gasteiger partial charge < -0.3 is 19.5 Å². The Balaban J connectivity index is 1.53. The number of hydrogen-bond acceptors (Lipinski definition) is 6. The van der Waals surface area contributed by atoms with E-state index >= 15 is 0 Å². The highest BCUT2D eigenvalue weighted by Gasteiger charge is 2.09. The third kappa shape index (κ3) is 6.44. The molecule has 1 aromatic heterocycles. The molecule has 0 aliphatic rings. The minimum Gasteiger partial charge on any atom is -0.493 e. The van der Waals surface area contributed by atoms with Crippen molar-refractivity contribution < 1.29 is 19.0 Å². The second-order valence-electron chi connectivity index (χ2n) is 7.03. The van der Waals surface area contributed by atoms with Gasteiger partial charge in [0.25, 0.3) is 0 Å². The summed E-state index contributed by atoms with van der Waals surface area (Å²) >= 11 is 0. The molecule has 7 heteroatoms. The third-order valence-electron chi connectivity index (χ3n) is 4.48. The van der Waals surface area contributed by atoms with Crippen molar-refractivity contribution in [3.05, 3.63) is 65.5 Å². The lowest BCUT2D eigenvalue weighted by atomic mass is 10.1. The standard InChI is InChI=1S/C24H27N3O4/c1-5-30-21-12-6-18(15-22(21)29-4)7-13-23(28)27-19-8-10-20(11-9-19)31-24-25-16(2)14-17(3)26-24/h6,8-12,14-15H,5,7,13H2,1-4H3,(H,27,28). The lowest BCUT2D eigenvalue weighted by Gasteiger charge is -2.11. The van der Waals surface area contributed by atoms with Gasteiger partial charge in [-0.05, 0) is 75.2 Å². The quantitative estimate of drug-likeness (QED) is 0.531. The summed E-state index contributed by atoms with van der Waals surface area (Å²) in [5.74, 6) is 1.90. The molecule has 0 saturated carbocycles. The van der Waals surface area contributed by atoms with E-state index in [2.05, 4.69) is 15.3 Å². The van der Waals surface area contributed by atoms with Crippen LogP contribution in [-0.2, 0) is 11.2 Å². The number of ether oxygens (including phenoxy) is 3. The van der Waals surface area contributed by atoms with Crippen LogP contribution in [0.2, 0.25) is 0 Å². The van der Waals surface area contributed by atoms with Gasteiger partial charge in [0.2, 0.25) is 5.91 Å². The minimum absolute atomic E-state index is 0.0702. The van der Waals surface area contributed by atoms with E-state index in [1.807, 2.05) is 45.0 Å². The molecule has 31 heavy (non-hydrogen) atoms. The second kappa shape index (κ2) is 10.4. The Labute approximate surface area is 182 Å². The highest BCUT2D eigenvalue weighted by Crippen LogP contribution is 2.28. The normalized spacial score (nSPS) is 10.5. The zero-order valence-electron chi connectivity index (χ0n) is 18.3. The van der Waals surface area contributed by atoms with Crippen molar-refractivity contribution in [1.29, 1.82) is 0 Å². The number of benzene rings is 2. The van der Waals surface area contributed by atoms with E-state index in [0.29, 0.717) is 48.4 Å². The van der Waals surface area contributed by atoms with Gasteiger partial charge in [-0.2, -0.15) is 0 Å². The van der Waals surface area contributed by atoms with E-state index in [1.54, 1.807) is 31.4 Å². The number of anilines is 1. The van der Waals surface area contributed by atoms with E-state index in [4.69, 9.17) is 14.2 Å². The van der Waals surface area contributed by atoms with E-state index in [-0.39, 0.29) is 5.91 Å². The van der Waals surface area contributed by atoms with Crippen LogP contribution in [-0.4, -0.2) is 29.6 Å². The predicted octanol–water partition coefficient (Wildman–Crippen LogP) is 4.86. The smallest absolute Gasteiger partial charge is 0.322 e. The predicted molar refractivity (Wildman–Crippen MR) is 119 cm³/mol. The maximum Gasteiger partial charge on any atom is 0.322 e. The summed E-state index contributed by atoms with van der Waals surface area (Å²) in [6.07, 6.45) is 0.950. The van der Waals surface area contributed by atoms with Crippen LogP contribution in [0.25, 0.3) is 0 Å². The Morgan fingerprint density at radius 3 is 2.32 bits per heavy atom. The molecule has 1 amide bonds. The van der Waals surface area contributed by atoms with Crippen LogP contribution in [0.1, 0.15) is 30.3 Å². The molecule has 0 atom stereocenters. The molecule has 0 aliphatic carbocycles. The van der Waals surface area contributed by atoms with Gasteiger partial charge in [0.05, 0.1) is 13.7 Å². The maximum absolute atomic E-state index is 12.3. The van der Waals surface area contributed by atoms with Gasteiger partial charge in [-0.3, -0.25) is 4.79 Å². The molecule has 0 bridgehead atoms. The fraction of sp³-hybridized carbons (Fsp3) is 0.292. The highest BCUT2D eigenvalue weighted by atomic mass is 16.5. The lowest BCUT2D eigenvalue weighted by Crippen LogP contribution is -2.12. The molecule has 2 aromatic carbocycles. The lowest BCUT2D eigenvalue weighted by molar-refractivity contribution is -0.116. The van der Waals surface area contributed by atoms with Crippen molar-refractivity contribution in [2.24, 2.45) is 0 Å². The summed E-state index contributed by atoms with van der Waals surface area (Å²) in [5.41, 5.74) is 3.39. The summed E-state index contributed by atoms with van der Waals surface area (Å²) in [4.78, 5) is 20.9. The van der Waals surface area contributed by atoms with Gasteiger partial charge in [0.1, 0.15) is 5.75 Å². The molecule has 0 spiro atoms. The number of carbonyl (C=O) groups is 1. The number of nitrogens with one attached hydrogen (secondary N) is 1. The molecule has 0 aliphatic heterocycles. The van der Waals surface area contributed by atoms with E-state index in [9.17, 15) is 4.79 Å². The fourth-order valence-corrected chi connectivity index (χ4v) is 3.07. The molecule has 0 radical (unpaired) electrons. The van der Waals surface area contributed by atoms with Crippen molar-refractivity contribution >= 4 is 11.6 Å². The Bertz CT molecular complexity index is 1020. The number of rotatable bonds is 9. The molecule has 7 nitrogen and oxygen atoms in total. The SMILES string of the molecule is CCOc1ccc(CCC(=O)Nc2ccc(Oc3nc(C)cc(C)n3)cc2)cc1OC. The van der Waals surface area contributed by atoms with Gasteiger partial charge in [-0.25, -0.2) is 9.97 Å². The number of amides is 1. The number of carbonyl (C=O) groups excluding carboxylic acids is 1. The molecule has 0 unspecified atom stereocenters. The minimum atomic E-state index is -0.0702. The summed E-state index contributed by atoms with van der Waals surface area (Å²) in [6, 6.07) is 15.0. The van der Waals surface area contributed by atoms with Crippen molar-refractivity contribution in [3.63, 3.8) is 0 Å². The number of hydrogen-bond donors (Lipinski definition) is 1. The molecular weight excluding hydrogens is 394 g/mol. The molecule has 162 valence electrons. The zero-order chi connectivity index (χ0) is 22.2. The van der Waals surface area contributed by atoms with Crippen LogP contribution in [0.15, 0.2) is 48.5 Å². The average molecular weight is 421 g/mol. The first kappa shape index (κ1) is 22.1. The van der Waals surface area contributed by atoms with Crippen LogP contribution in [0.4, 0.5) is 5.69 Å². The molecule has 3 rings (SSSR count). The second-order valence-corrected chi connectivity index (χ2v) is 7.03. The van der Waals surface area contributed by atoms with Gasteiger partial charge in [-0.15, -0.1) is 0 Å². The Kier molecular flexibility index (Phi) is 7.43. The molecule has 0 fully saturated rings. The van der Waals surface area contributed by atoms with Gasteiger partial charge in [-0.1, -0.05) is 6.07 Å². The Hall–Kier alpha value is -3.61. The number of nitrogens with zero attached hydrogens (tertiary/aromatic N) is 2. The Morgan fingerprint density at radius 1 is 0.968 bits per heavy atom. The number of aromatic nitrogens is 2. The first-order valence-corrected chi connectivity index (χ1v) is 10.2.